The van der Waals surface area contributed by atoms with E-state index in [0.29, 0.717) is 13.1 Å². The van der Waals surface area contributed by atoms with Gasteiger partial charge in [0.15, 0.2) is 0 Å². The largest absolute Gasteiger partial charge is 0.352 e. The van der Waals surface area contributed by atoms with Gasteiger partial charge in [-0.3, -0.25) is 14.9 Å². The summed E-state index contributed by atoms with van der Waals surface area (Å²) in [5.41, 5.74) is 0.765. The van der Waals surface area contributed by atoms with Crippen LogP contribution in [0, 0.1) is 11.7 Å². The lowest BCUT2D eigenvalue weighted by Crippen LogP contribution is -2.52. The first-order valence-corrected chi connectivity index (χ1v) is 9.01. The Labute approximate surface area is 148 Å². The van der Waals surface area contributed by atoms with Gasteiger partial charge in [0.05, 0.1) is 0 Å². The second-order valence-corrected chi connectivity index (χ2v) is 7.27. The molecule has 1 aliphatic heterocycles. The quantitative estimate of drug-likeness (QED) is 0.856. The number of piperidine rings is 1. The van der Waals surface area contributed by atoms with Crippen LogP contribution in [0.25, 0.3) is 0 Å². The molecule has 6 heteroatoms. The number of hydrogen-bond donors (Lipinski definition) is 2. The summed E-state index contributed by atoms with van der Waals surface area (Å²) >= 11 is 0. The molecule has 3 rings (SSSR count). The van der Waals surface area contributed by atoms with Crippen LogP contribution in [0.4, 0.5) is 4.39 Å². The molecular weight excluding hydrogens is 321 g/mol. The normalized spacial score (nSPS) is 24.7. The summed E-state index contributed by atoms with van der Waals surface area (Å²) < 4.78 is 13.3. The Morgan fingerprint density at radius 2 is 1.88 bits per heavy atom. The second-order valence-electron chi connectivity index (χ2n) is 7.27. The van der Waals surface area contributed by atoms with Gasteiger partial charge in [0.25, 0.3) is 0 Å². The third kappa shape index (κ3) is 4.57. The number of rotatable bonds is 5. The Bertz CT molecular complexity index is 630. The fraction of sp³-hybridized carbons (Fsp3) is 0.579. The molecule has 1 aliphatic carbocycles. The molecule has 136 valence electrons. The van der Waals surface area contributed by atoms with Gasteiger partial charge in [0, 0.05) is 32.1 Å². The van der Waals surface area contributed by atoms with Crippen LogP contribution in [0.1, 0.15) is 44.7 Å². The van der Waals surface area contributed by atoms with Crippen molar-refractivity contribution in [2.45, 2.75) is 51.2 Å². The first kappa shape index (κ1) is 17.9. The summed E-state index contributed by atoms with van der Waals surface area (Å²) in [4.78, 5) is 26.1. The predicted molar refractivity (Wildman–Crippen MR) is 93.3 cm³/mol. The van der Waals surface area contributed by atoms with Crippen LogP contribution in [0.3, 0.4) is 0 Å². The van der Waals surface area contributed by atoms with Gasteiger partial charge in [-0.05, 0) is 42.9 Å². The van der Waals surface area contributed by atoms with Gasteiger partial charge >= 0.3 is 0 Å². The molecule has 0 radical (unpaired) electrons. The molecular formula is C19H26FN3O2. The summed E-state index contributed by atoms with van der Waals surface area (Å²) in [6.45, 7) is 5.06. The monoisotopic (exact) mass is 347 g/mol. The molecule has 0 bridgehead atoms. The lowest BCUT2D eigenvalue weighted by Gasteiger charge is -2.38. The highest BCUT2D eigenvalue weighted by molar-refractivity contribution is 5.83. The van der Waals surface area contributed by atoms with E-state index in [1.165, 1.54) is 12.1 Å². The molecule has 1 saturated heterocycles. The zero-order chi connectivity index (χ0) is 18.0. The summed E-state index contributed by atoms with van der Waals surface area (Å²) in [6, 6.07) is 6.00. The van der Waals surface area contributed by atoms with Crippen molar-refractivity contribution in [3.05, 3.63) is 35.6 Å². The van der Waals surface area contributed by atoms with Gasteiger partial charge in [-0.25, -0.2) is 4.39 Å². The van der Waals surface area contributed by atoms with Crippen molar-refractivity contribution in [2.24, 2.45) is 5.92 Å². The zero-order valence-corrected chi connectivity index (χ0v) is 14.8. The molecule has 0 spiro atoms. The molecule has 3 atom stereocenters. The Morgan fingerprint density at radius 3 is 2.44 bits per heavy atom. The molecule has 1 aromatic carbocycles. The molecule has 1 saturated carbocycles. The second kappa shape index (κ2) is 7.52. The first-order chi connectivity index (χ1) is 11.9. The molecule has 25 heavy (non-hydrogen) atoms. The van der Waals surface area contributed by atoms with Crippen molar-refractivity contribution in [3.63, 3.8) is 0 Å². The van der Waals surface area contributed by atoms with Crippen molar-refractivity contribution >= 4 is 11.8 Å². The molecule has 5 nitrogen and oxygen atoms in total. The third-order valence-electron chi connectivity index (χ3n) is 5.12. The number of halogens is 1. The van der Waals surface area contributed by atoms with Gasteiger partial charge in [0.1, 0.15) is 11.9 Å². The van der Waals surface area contributed by atoms with Crippen LogP contribution in [-0.4, -0.2) is 41.9 Å². The average Bonchev–Trinajstić information content (AvgIpc) is 3.38. The van der Waals surface area contributed by atoms with Crippen LogP contribution in [-0.2, 0) is 9.59 Å². The number of nitrogens with zero attached hydrogens (tertiary/aromatic N) is 1. The maximum Gasteiger partial charge on any atom is 0.241 e. The van der Waals surface area contributed by atoms with E-state index in [1.54, 1.807) is 19.1 Å². The van der Waals surface area contributed by atoms with Crippen LogP contribution < -0.4 is 10.6 Å². The van der Waals surface area contributed by atoms with Crippen molar-refractivity contribution < 1.29 is 14.0 Å². The fourth-order valence-corrected chi connectivity index (χ4v) is 3.38. The molecule has 2 N–H and O–H groups in total. The van der Waals surface area contributed by atoms with E-state index in [2.05, 4.69) is 17.6 Å². The number of carbonyl (C=O) groups is 2. The Kier molecular flexibility index (Phi) is 5.37. The molecule has 2 fully saturated rings. The van der Waals surface area contributed by atoms with Gasteiger partial charge in [-0.15, -0.1) is 0 Å². The van der Waals surface area contributed by atoms with Crippen LogP contribution >= 0.6 is 0 Å². The number of hydrogen-bond acceptors (Lipinski definition) is 3. The Hall–Kier alpha value is -1.95. The number of nitrogens with one attached hydrogen (secondary N) is 2. The summed E-state index contributed by atoms with van der Waals surface area (Å²) in [5, 5.41) is 6.50. The lowest BCUT2D eigenvalue weighted by atomic mass is 9.92. The maximum absolute atomic E-state index is 13.3. The standard InChI is InChI=1S/C19H26FN3O2/c1-12-11-23(13(2)24)10-9-17(12)22-18(19(25)21-16-7-8-16)14-3-5-15(20)6-4-14/h3-6,12,16-18,22H,7-11H2,1-2H3,(H,21,25)/t12-,17-,18-/m0/s1. The van der Waals surface area contributed by atoms with Gasteiger partial charge in [0.2, 0.25) is 11.8 Å². The van der Waals surface area contributed by atoms with Gasteiger partial charge in [-0.1, -0.05) is 19.1 Å². The van der Waals surface area contributed by atoms with E-state index in [0.717, 1.165) is 24.8 Å². The average molecular weight is 347 g/mol. The van der Waals surface area contributed by atoms with E-state index >= 15 is 0 Å². The lowest BCUT2D eigenvalue weighted by molar-refractivity contribution is -0.131. The molecule has 1 heterocycles. The molecule has 2 aliphatic rings. The minimum atomic E-state index is -0.502. The highest BCUT2D eigenvalue weighted by Gasteiger charge is 2.33. The first-order valence-electron chi connectivity index (χ1n) is 9.01. The number of carbonyl (C=O) groups excluding carboxylic acids is 2. The van der Waals surface area contributed by atoms with Gasteiger partial charge < -0.3 is 10.2 Å². The van der Waals surface area contributed by atoms with Crippen LogP contribution in [0.2, 0.25) is 0 Å². The van der Waals surface area contributed by atoms with E-state index in [9.17, 15) is 14.0 Å². The van der Waals surface area contributed by atoms with E-state index in [1.807, 2.05) is 4.90 Å². The Balaban J connectivity index is 1.71. The fourth-order valence-electron chi connectivity index (χ4n) is 3.38. The van der Waals surface area contributed by atoms with Crippen molar-refractivity contribution in [1.82, 2.24) is 15.5 Å². The highest BCUT2D eigenvalue weighted by Crippen LogP contribution is 2.24. The minimum absolute atomic E-state index is 0.0599. The van der Waals surface area contributed by atoms with Crippen molar-refractivity contribution in [1.29, 1.82) is 0 Å². The molecule has 2 amide bonds. The van der Waals surface area contributed by atoms with Gasteiger partial charge in [-0.2, -0.15) is 0 Å². The minimum Gasteiger partial charge on any atom is -0.352 e. The Morgan fingerprint density at radius 1 is 1.20 bits per heavy atom. The molecule has 0 unspecified atom stereocenters. The molecule has 1 aromatic rings. The number of benzene rings is 1. The smallest absolute Gasteiger partial charge is 0.241 e. The third-order valence-corrected chi connectivity index (χ3v) is 5.12. The SMILES string of the molecule is CC(=O)N1CC[C@H](N[C@H](C(=O)NC2CC2)c2ccc(F)cc2)[C@@H](C)C1. The number of likely N-dealkylation sites (tertiary alicyclic amines) is 1. The van der Waals surface area contributed by atoms with E-state index in [-0.39, 0.29) is 35.6 Å². The summed E-state index contributed by atoms with van der Waals surface area (Å²) in [5.74, 6) is -0.0373. The highest BCUT2D eigenvalue weighted by atomic mass is 19.1. The summed E-state index contributed by atoms with van der Waals surface area (Å²) in [6.07, 6.45) is 2.85. The van der Waals surface area contributed by atoms with Crippen LogP contribution in [0.15, 0.2) is 24.3 Å². The molecule has 0 aromatic heterocycles. The topological polar surface area (TPSA) is 61.4 Å². The summed E-state index contributed by atoms with van der Waals surface area (Å²) in [7, 11) is 0. The van der Waals surface area contributed by atoms with Crippen molar-refractivity contribution in [2.75, 3.05) is 13.1 Å². The van der Waals surface area contributed by atoms with E-state index < -0.39 is 6.04 Å². The number of amides is 2. The van der Waals surface area contributed by atoms with E-state index in [4.69, 9.17) is 0 Å². The zero-order valence-electron chi connectivity index (χ0n) is 14.8. The maximum atomic E-state index is 13.3. The van der Waals surface area contributed by atoms with Crippen LogP contribution in [0.5, 0.6) is 0 Å². The van der Waals surface area contributed by atoms with Crippen molar-refractivity contribution in [3.8, 4) is 0 Å². The predicted octanol–water partition coefficient (Wildman–Crippen LogP) is 1.99.